The third-order valence-electron chi connectivity index (χ3n) is 3.16. The van der Waals surface area contributed by atoms with Gasteiger partial charge in [-0.1, -0.05) is 51.7 Å². The van der Waals surface area contributed by atoms with Crippen LogP contribution in [0.5, 0.6) is 0 Å². The Morgan fingerprint density at radius 3 is 2.55 bits per heavy atom. The summed E-state index contributed by atoms with van der Waals surface area (Å²) >= 11 is 1.76. The fraction of sp³-hybridized carbons (Fsp3) is 0.588. The van der Waals surface area contributed by atoms with Crippen molar-refractivity contribution in [1.29, 1.82) is 0 Å². The monoisotopic (exact) mass is 293 g/mol. The zero-order valence-electron chi connectivity index (χ0n) is 12.8. The second kappa shape index (κ2) is 10.8. The number of amides is 1. The summed E-state index contributed by atoms with van der Waals surface area (Å²) < 4.78 is 0. The number of unbranched alkanes of at least 4 members (excludes halogenated alkanes) is 4. The van der Waals surface area contributed by atoms with Crippen LogP contribution in [0.2, 0.25) is 0 Å². The molecule has 0 spiro atoms. The van der Waals surface area contributed by atoms with Crippen molar-refractivity contribution < 1.29 is 4.79 Å². The highest BCUT2D eigenvalue weighted by molar-refractivity contribution is 7.99. The van der Waals surface area contributed by atoms with E-state index in [1.54, 1.807) is 11.8 Å². The van der Waals surface area contributed by atoms with Crippen molar-refractivity contribution in [3.63, 3.8) is 0 Å². The first-order valence-electron chi connectivity index (χ1n) is 7.79. The summed E-state index contributed by atoms with van der Waals surface area (Å²) in [5.41, 5.74) is 0.819. The Hall–Kier alpha value is -0.960. The Morgan fingerprint density at radius 1 is 1.05 bits per heavy atom. The lowest BCUT2D eigenvalue weighted by Crippen LogP contribution is -2.24. The van der Waals surface area contributed by atoms with Gasteiger partial charge < -0.3 is 5.32 Å². The maximum Gasteiger partial charge on any atom is 0.252 e. The molecule has 2 nitrogen and oxygen atoms in total. The fourth-order valence-corrected chi connectivity index (χ4v) is 2.93. The molecule has 1 rings (SSSR count). The number of carbonyl (C=O) groups is 1. The van der Waals surface area contributed by atoms with Gasteiger partial charge in [-0.2, -0.15) is 0 Å². The predicted molar refractivity (Wildman–Crippen MR) is 88.5 cm³/mol. The average Bonchev–Trinajstić information content (AvgIpc) is 2.48. The van der Waals surface area contributed by atoms with Crippen LogP contribution in [0.15, 0.2) is 29.2 Å². The van der Waals surface area contributed by atoms with Gasteiger partial charge in [-0.25, -0.2) is 0 Å². The van der Waals surface area contributed by atoms with E-state index < -0.39 is 0 Å². The van der Waals surface area contributed by atoms with Crippen molar-refractivity contribution >= 4 is 17.7 Å². The van der Waals surface area contributed by atoms with Crippen molar-refractivity contribution in [2.24, 2.45) is 0 Å². The zero-order valence-corrected chi connectivity index (χ0v) is 13.6. The Kier molecular flexibility index (Phi) is 9.22. The van der Waals surface area contributed by atoms with Gasteiger partial charge >= 0.3 is 0 Å². The smallest absolute Gasteiger partial charge is 0.252 e. The van der Waals surface area contributed by atoms with E-state index >= 15 is 0 Å². The molecule has 20 heavy (non-hydrogen) atoms. The molecule has 1 amide bonds. The quantitative estimate of drug-likeness (QED) is 0.491. The minimum atomic E-state index is 0.0692. The summed E-state index contributed by atoms with van der Waals surface area (Å²) in [6, 6.07) is 7.90. The maximum atomic E-state index is 12.2. The highest BCUT2D eigenvalue weighted by Crippen LogP contribution is 2.23. The Bertz CT molecular complexity index is 392. The van der Waals surface area contributed by atoms with E-state index in [-0.39, 0.29) is 5.91 Å². The molecule has 0 unspecified atom stereocenters. The molecule has 0 heterocycles. The lowest BCUT2D eigenvalue weighted by Gasteiger charge is -2.09. The van der Waals surface area contributed by atoms with Gasteiger partial charge in [-0.3, -0.25) is 4.79 Å². The van der Waals surface area contributed by atoms with Gasteiger partial charge in [0.25, 0.3) is 5.91 Å². The molecule has 0 saturated carbocycles. The Morgan fingerprint density at radius 2 is 1.80 bits per heavy atom. The van der Waals surface area contributed by atoms with E-state index in [2.05, 4.69) is 19.2 Å². The van der Waals surface area contributed by atoms with Crippen LogP contribution in [0.1, 0.15) is 62.7 Å². The minimum absolute atomic E-state index is 0.0692. The van der Waals surface area contributed by atoms with E-state index in [4.69, 9.17) is 0 Å². The van der Waals surface area contributed by atoms with Crippen LogP contribution >= 0.6 is 11.8 Å². The van der Waals surface area contributed by atoms with Crippen LogP contribution in [0.3, 0.4) is 0 Å². The SMILES string of the molecule is CCCCCCCNC(=O)c1ccccc1SCCC. The van der Waals surface area contributed by atoms with E-state index in [1.807, 2.05) is 24.3 Å². The molecular weight excluding hydrogens is 266 g/mol. The van der Waals surface area contributed by atoms with Crippen LogP contribution in [0.25, 0.3) is 0 Å². The molecule has 0 radical (unpaired) electrons. The lowest BCUT2D eigenvalue weighted by molar-refractivity contribution is 0.0950. The third kappa shape index (κ3) is 6.47. The molecule has 1 aromatic rings. The van der Waals surface area contributed by atoms with Crippen molar-refractivity contribution in [2.45, 2.75) is 57.3 Å². The molecular formula is C17H27NOS. The Balaban J connectivity index is 2.38. The summed E-state index contributed by atoms with van der Waals surface area (Å²) in [6.07, 6.45) is 7.24. The van der Waals surface area contributed by atoms with Crippen LogP contribution in [0, 0.1) is 0 Å². The first-order valence-corrected chi connectivity index (χ1v) is 8.78. The number of nitrogens with one attached hydrogen (secondary N) is 1. The first kappa shape index (κ1) is 17.1. The molecule has 1 aromatic carbocycles. The summed E-state index contributed by atoms with van der Waals surface area (Å²) in [7, 11) is 0. The Labute approximate surface area is 127 Å². The van der Waals surface area contributed by atoms with E-state index in [1.165, 1.54) is 25.7 Å². The van der Waals surface area contributed by atoms with Crippen LogP contribution in [-0.4, -0.2) is 18.2 Å². The minimum Gasteiger partial charge on any atom is -0.352 e. The number of rotatable bonds is 10. The number of hydrogen-bond donors (Lipinski definition) is 1. The van der Waals surface area contributed by atoms with Crippen molar-refractivity contribution in [3.8, 4) is 0 Å². The van der Waals surface area contributed by atoms with E-state index in [0.717, 1.165) is 35.6 Å². The van der Waals surface area contributed by atoms with Gasteiger partial charge in [0.15, 0.2) is 0 Å². The van der Waals surface area contributed by atoms with Crippen LogP contribution in [0.4, 0.5) is 0 Å². The van der Waals surface area contributed by atoms with Gasteiger partial charge in [0, 0.05) is 11.4 Å². The fourth-order valence-electron chi connectivity index (χ4n) is 2.02. The van der Waals surface area contributed by atoms with Crippen LogP contribution < -0.4 is 5.32 Å². The van der Waals surface area contributed by atoms with Gasteiger partial charge in [0.05, 0.1) is 5.56 Å². The highest BCUT2D eigenvalue weighted by Gasteiger charge is 2.10. The maximum absolute atomic E-state index is 12.2. The first-order chi connectivity index (χ1) is 9.79. The summed E-state index contributed by atoms with van der Waals surface area (Å²) in [5, 5.41) is 3.04. The standard InChI is InChI=1S/C17H27NOS/c1-3-5-6-7-10-13-18-17(19)15-11-8-9-12-16(15)20-14-4-2/h8-9,11-12H,3-7,10,13-14H2,1-2H3,(H,18,19). The normalized spacial score (nSPS) is 10.5. The molecule has 0 aliphatic rings. The topological polar surface area (TPSA) is 29.1 Å². The van der Waals surface area contributed by atoms with Crippen molar-refractivity contribution in [1.82, 2.24) is 5.32 Å². The zero-order chi connectivity index (χ0) is 14.6. The molecule has 0 bridgehead atoms. The molecule has 1 N–H and O–H groups in total. The number of carbonyl (C=O) groups excluding carboxylic acids is 1. The van der Waals surface area contributed by atoms with Gasteiger partial charge in [0.1, 0.15) is 0 Å². The number of benzene rings is 1. The molecule has 0 fully saturated rings. The molecule has 112 valence electrons. The second-order valence-electron chi connectivity index (χ2n) is 5.01. The highest BCUT2D eigenvalue weighted by atomic mass is 32.2. The summed E-state index contributed by atoms with van der Waals surface area (Å²) in [5.74, 6) is 1.13. The molecule has 0 saturated heterocycles. The van der Waals surface area contributed by atoms with Crippen molar-refractivity contribution in [2.75, 3.05) is 12.3 Å². The number of hydrogen-bond acceptors (Lipinski definition) is 2. The summed E-state index contributed by atoms with van der Waals surface area (Å²) in [4.78, 5) is 13.3. The number of thioether (sulfide) groups is 1. The van der Waals surface area contributed by atoms with Crippen LogP contribution in [-0.2, 0) is 0 Å². The third-order valence-corrected chi connectivity index (χ3v) is 4.44. The van der Waals surface area contributed by atoms with Crippen molar-refractivity contribution in [3.05, 3.63) is 29.8 Å². The molecule has 0 aliphatic heterocycles. The average molecular weight is 293 g/mol. The van der Waals surface area contributed by atoms with E-state index in [0.29, 0.717) is 0 Å². The van der Waals surface area contributed by atoms with Gasteiger partial charge in [0.2, 0.25) is 0 Å². The van der Waals surface area contributed by atoms with Gasteiger partial charge in [-0.05, 0) is 30.7 Å². The molecule has 0 atom stereocenters. The molecule has 0 aliphatic carbocycles. The molecule has 3 heteroatoms. The predicted octanol–water partition coefficient (Wildman–Crippen LogP) is 4.89. The molecule has 0 aromatic heterocycles. The van der Waals surface area contributed by atoms with E-state index in [9.17, 15) is 4.79 Å². The second-order valence-corrected chi connectivity index (χ2v) is 6.15. The summed E-state index contributed by atoms with van der Waals surface area (Å²) in [6.45, 7) is 5.16. The largest absolute Gasteiger partial charge is 0.352 e. The van der Waals surface area contributed by atoms with Gasteiger partial charge in [-0.15, -0.1) is 11.8 Å². The lowest BCUT2D eigenvalue weighted by atomic mass is 10.1.